The normalized spacial score (nSPS) is 10.3. The molecule has 2 rings (SSSR count). The summed E-state index contributed by atoms with van der Waals surface area (Å²) in [6.45, 7) is 4.23. The van der Waals surface area contributed by atoms with E-state index in [4.69, 9.17) is 0 Å². The molecule has 2 heteroatoms. The lowest BCUT2D eigenvalue weighted by molar-refractivity contribution is 0.665. The minimum Gasteiger partial charge on any atom is -0.385 e. The Bertz CT molecular complexity index is 418. The first-order chi connectivity index (χ1) is 7.86. The van der Waals surface area contributed by atoms with E-state index in [1.807, 2.05) is 0 Å². The molecule has 0 saturated heterocycles. The average Bonchev–Trinajstić information content (AvgIpc) is 2.79. The number of aryl methyl sites for hydroxylation is 2. The number of nitrogens with zero attached hydrogens (tertiary/aromatic N) is 1. The van der Waals surface area contributed by atoms with Crippen LogP contribution in [0.4, 0.5) is 5.69 Å². The van der Waals surface area contributed by atoms with Crippen molar-refractivity contribution in [1.82, 2.24) is 4.57 Å². The van der Waals surface area contributed by atoms with Crippen molar-refractivity contribution in [1.29, 1.82) is 0 Å². The van der Waals surface area contributed by atoms with Gasteiger partial charge in [-0.15, -0.1) is 0 Å². The molecular formula is C14H18N2. The zero-order valence-corrected chi connectivity index (χ0v) is 9.69. The minimum absolute atomic E-state index is 1.02. The highest BCUT2D eigenvalue weighted by Gasteiger charge is 1.95. The molecular weight excluding hydrogens is 196 g/mol. The van der Waals surface area contributed by atoms with Crippen molar-refractivity contribution in [2.24, 2.45) is 0 Å². The summed E-state index contributed by atoms with van der Waals surface area (Å²) in [4.78, 5) is 0. The van der Waals surface area contributed by atoms with Crippen LogP contribution in [0, 0.1) is 6.92 Å². The zero-order valence-electron chi connectivity index (χ0n) is 9.69. The third-order valence-corrected chi connectivity index (χ3v) is 2.72. The van der Waals surface area contributed by atoms with Crippen LogP contribution in [0.1, 0.15) is 12.0 Å². The topological polar surface area (TPSA) is 17.0 Å². The van der Waals surface area contributed by atoms with Crippen molar-refractivity contribution in [3.8, 4) is 0 Å². The standard InChI is InChI=1S/C14H18N2/c1-13-7-2-3-8-14(13)15-9-6-12-16-10-4-5-11-16/h2-5,7-8,10-11,15H,6,9,12H2,1H3. The van der Waals surface area contributed by atoms with Crippen LogP contribution in [-0.4, -0.2) is 11.1 Å². The second kappa shape index (κ2) is 5.40. The average molecular weight is 214 g/mol. The fourth-order valence-electron chi connectivity index (χ4n) is 1.78. The largest absolute Gasteiger partial charge is 0.385 e. The van der Waals surface area contributed by atoms with Crippen LogP contribution in [-0.2, 0) is 6.54 Å². The van der Waals surface area contributed by atoms with E-state index in [2.05, 4.69) is 65.6 Å². The maximum atomic E-state index is 3.46. The van der Waals surface area contributed by atoms with Crippen LogP contribution in [0.3, 0.4) is 0 Å². The van der Waals surface area contributed by atoms with Gasteiger partial charge in [0.05, 0.1) is 0 Å². The highest BCUT2D eigenvalue weighted by atomic mass is 14.9. The van der Waals surface area contributed by atoms with Crippen LogP contribution in [0.15, 0.2) is 48.8 Å². The third-order valence-electron chi connectivity index (χ3n) is 2.72. The molecule has 1 N–H and O–H groups in total. The molecule has 1 heterocycles. The summed E-state index contributed by atoms with van der Waals surface area (Å²) in [5.74, 6) is 0. The number of hydrogen-bond acceptors (Lipinski definition) is 1. The van der Waals surface area contributed by atoms with Gasteiger partial charge in [0.2, 0.25) is 0 Å². The molecule has 0 atom stereocenters. The Morgan fingerprint density at radius 3 is 2.56 bits per heavy atom. The molecule has 0 aliphatic rings. The molecule has 2 nitrogen and oxygen atoms in total. The molecule has 2 aromatic rings. The summed E-state index contributed by atoms with van der Waals surface area (Å²) in [6.07, 6.45) is 5.35. The first kappa shape index (κ1) is 10.8. The number of para-hydroxylation sites is 1. The highest BCUT2D eigenvalue weighted by molar-refractivity contribution is 5.49. The van der Waals surface area contributed by atoms with Gasteiger partial charge in [-0.05, 0) is 37.1 Å². The first-order valence-corrected chi connectivity index (χ1v) is 5.76. The predicted octanol–water partition coefficient (Wildman–Crippen LogP) is 3.30. The molecule has 0 radical (unpaired) electrons. The smallest absolute Gasteiger partial charge is 0.0369 e. The molecule has 0 saturated carbocycles. The lowest BCUT2D eigenvalue weighted by atomic mass is 10.2. The molecule has 0 fully saturated rings. The van der Waals surface area contributed by atoms with Crippen LogP contribution < -0.4 is 5.32 Å². The van der Waals surface area contributed by atoms with Crippen molar-refractivity contribution in [3.63, 3.8) is 0 Å². The minimum atomic E-state index is 1.02. The number of aromatic nitrogens is 1. The van der Waals surface area contributed by atoms with Gasteiger partial charge in [-0.25, -0.2) is 0 Å². The van der Waals surface area contributed by atoms with E-state index in [0.717, 1.165) is 19.5 Å². The molecule has 16 heavy (non-hydrogen) atoms. The van der Waals surface area contributed by atoms with Gasteiger partial charge in [0.1, 0.15) is 0 Å². The van der Waals surface area contributed by atoms with E-state index in [1.54, 1.807) is 0 Å². The lowest BCUT2D eigenvalue weighted by Crippen LogP contribution is -2.06. The Balaban J connectivity index is 1.74. The second-order valence-corrected chi connectivity index (χ2v) is 4.02. The molecule has 0 bridgehead atoms. The molecule has 0 unspecified atom stereocenters. The maximum Gasteiger partial charge on any atom is 0.0369 e. The Morgan fingerprint density at radius 1 is 1.06 bits per heavy atom. The van der Waals surface area contributed by atoms with E-state index in [9.17, 15) is 0 Å². The van der Waals surface area contributed by atoms with Gasteiger partial charge in [-0.3, -0.25) is 0 Å². The molecule has 1 aromatic carbocycles. The van der Waals surface area contributed by atoms with Gasteiger partial charge in [-0.1, -0.05) is 18.2 Å². The second-order valence-electron chi connectivity index (χ2n) is 4.02. The summed E-state index contributed by atoms with van der Waals surface area (Å²) in [5, 5.41) is 3.46. The van der Waals surface area contributed by atoms with Crippen LogP contribution in [0.2, 0.25) is 0 Å². The fourth-order valence-corrected chi connectivity index (χ4v) is 1.78. The fraction of sp³-hybridized carbons (Fsp3) is 0.286. The number of hydrogen-bond donors (Lipinski definition) is 1. The van der Waals surface area contributed by atoms with Crippen molar-refractivity contribution in [3.05, 3.63) is 54.4 Å². The number of nitrogens with one attached hydrogen (secondary N) is 1. The van der Waals surface area contributed by atoms with E-state index in [-0.39, 0.29) is 0 Å². The summed E-state index contributed by atoms with van der Waals surface area (Å²) < 4.78 is 2.21. The Labute approximate surface area is 96.9 Å². The highest BCUT2D eigenvalue weighted by Crippen LogP contribution is 2.12. The monoisotopic (exact) mass is 214 g/mol. The summed E-state index contributed by atoms with van der Waals surface area (Å²) in [5.41, 5.74) is 2.55. The predicted molar refractivity (Wildman–Crippen MR) is 68.7 cm³/mol. The quantitative estimate of drug-likeness (QED) is 0.756. The number of benzene rings is 1. The summed E-state index contributed by atoms with van der Waals surface area (Å²) >= 11 is 0. The van der Waals surface area contributed by atoms with Crippen LogP contribution >= 0.6 is 0 Å². The van der Waals surface area contributed by atoms with Gasteiger partial charge >= 0.3 is 0 Å². The Hall–Kier alpha value is -1.70. The summed E-state index contributed by atoms with van der Waals surface area (Å²) in [7, 11) is 0. The third kappa shape index (κ3) is 2.89. The maximum absolute atomic E-state index is 3.46. The Morgan fingerprint density at radius 2 is 1.81 bits per heavy atom. The van der Waals surface area contributed by atoms with E-state index >= 15 is 0 Å². The van der Waals surface area contributed by atoms with E-state index in [1.165, 1.54) is 11.3 Å². The van der Waals surface area contributed by atoms with Crippen LogP contribution in [0.5, 0.6) is 0 Å². The molecule has 1 aromatic heterocycles. The van der Waals surface area contributed by atoms with Crippen molar-refractivity contribution in [2.75, 3.05) is 11.9 Å². The first-order valence-electron chi connectivity index (χ1n) is 5.76. The van der Waals surface area contributed by atoms with Gasteiger partial charge in [0.25, 0.3) is 0 Å². The number of rotatable bonds is 5. The summed E-state index contributed by atoms with van der Waals surface area (Å²) in [6, 6.07) is 12.5. The van der Waals surface area contributed by atoms with Gasteiger partial charge < -0.3 is 9.88 Å². The lowest BCUT2D eigenvalue weighted by Gasteiger charge is -2.09. The SMILES string of the molecule is Cc1ccccc1NCCCn1cccc1. The van der Waals surface area contributed by atoms with E-state index in [0.29, 0.717) is 0 Å². The van der Waals surface area contributed by atoms with Gasteiger partial charge in [0, 0.05) is 31.2 Å². The molecule has 0 amide bonds. The number of anilines is 1. The molecule has 0 aliphatic heterocycles. The molecule has 0 aliphatic carbocycles. The Kier molecular flexibility index (Phi) is 3.65. The van der Waals surface area contributed by atoms with Gasteiger partial charge in [0.15, 0.2) is 0 Å². The molecule has 84 valence electrons. The van der Waals surface area contributed by atoms with Gasteiger partial charge in [-0.2, -0.15) is 0 Å². The van der Waals surface area contributed by atoms with E-state index < -0.39 is 0 Å². The van der Waals surface area contributed by atoms with Crippen LogP contribution in [0.25, 0.3) is 0 Å². The van der Waals surface area contributed by atoms with Crippen molar-refractivity contribution >= 4 is 5.69 Å². The molecule has 0 spiro atoms. The van der Waals surface area contributed by atoms with Crippen molar-refractivity contribution < 1.29 is 0 Å². The zero-order chi connectivity index (χ0) is 11.2. The van der Waals surface area contributed by atoms with Crippen molar-refractivity contribution in [2.45, 2.75) is 19.9 Å².